The second-order valence-electron chi connectivity index (χ2n) is 7.02. The topological polar surface area (TPSA) is 101 Å². The molecule has 30 heavy (non-hydrogen) atoms. The highest BCUT2D eigenvalue weighted by molar-refractivity contribution is 5.93. The van der Waals surface area contributed by atoms with Crippen molar-refractivity contribution in [2.45, 2.75) is 33.7 Å². The quantitative estimate of drug-likeness (QED) is 0.521. The van der Waals surface area contributed by atoms with Crippen LogP contribution in [0.25, 0.3) is 22.5 Å². The molecule has 0 aliphatic rings. The first-order valence-electron chi connectivity index (χ1n) is 9.73. The summed E-state index contributed by atoms with van der Waals surface area (Å²) in [6, 6.07) is 15.7. The van der Waals surface area contributed by atoms with Gasteiger partial charge in [-0.3, -0.25) is 4.79 Å². The Hall–Kier alpha value is -3.81. The third kappa shape index (κ3) is 3.84. The number of anilines is 1. The predicted molar refractivity (Wildman–Crippen MR) is 113 cm³/mol. The molecule has 0 unspecified atom stereocenters. The zero-order valence-corrected chi connectivity index (χ0v) is 17.1. The Morgan fingerprint density at radius 2 is 1.90 bits per heavy atom. The van der Waals surface area contributed by atoms with Crippen molar-refractivity contribution in [2.75, 3.05) is 4.90 Å². The number of hydrogen-bond donors (Lipinski definition) is 1. The van der Waals surface area contributed by atoms with E-state index in [0.29, 0.717) is 18.8 Å². The molecule has 0 fully saturated rings. The maximum absolute atomic E-state index is 12.7. The van der Waals surface area contributed by atoms with Crippen LogP contribution in [-0.2, 0) is 11.3 Å². The van der Waals surface area contributed by atoms with Gasteiger partial charge in [-0.2, -0.15) is 5.21 Å². The monoisotopic (exact) mass is 402 g/mol. The van der Waals surface area contributed by atoms with Crippen molar-refractivity contribution in [2.24, 2.45) is 0 Å². The number of H-pyrrole nitrogens is 1. The van der Waals surface area contributed by atoms with Gasteiger partial charge in [-0.25, -0.2) is 0 Å². The fraction of sp³-hybridized carbons (Fsp3) is 0.227. The lowest BCUT2D eigenvalue weighted by Crippen LogP contribution is -2.29. The molecule has 0 bridgehead atoms. The van der Waals surface area contributed by atoms with Gasteiger partial charge in [-0.15, -0.1) is 10.2 Å². The highest BCUT2D eigenvalue weighted by Crippen LogP contribution is 2.28. The van der Waals surface area contributed by atoms with Crippen LogP contribution in [-0.4, -0.2) is 31.7 Å². The van der Waals surface area contributed by atoms with E-state index in [9.17, 15) is 4.79 Å². The van der Waals surface area contributed by atoms with E-state index < -0.39 is 0 Å². The van der Waals surface area contributed by atoms with E-state index in [-0.39, 0.29) is 5.91 Å². The molecule has 1 N–H and O–H groups in total. The summed E-state index contributed by atoms with van der Waals surface area (Å²) in [6.45, 7) is 6.16. The predicted octanol–water partition coefficient (Wildman–Crippen LogP) is 4.08. The Labute approximate surface area is 173 Å². The zero-order chi connectivity index (χ0) is 21.1. The molecular weight excluding hydrogens is 380 g/mol. The lowest BCUT2D eigenvalue weighted by atomic mass is 10.0. The van der Waals surface area contributed by atoms with Crippen molar-refractivity contribution in [3.63, 3.8) is 0 Å². The van der Waals surface area contributed by atoms with E-state index in [1.54, 1.807) is 4.90 Å². The minimum absolute atomic E-state index is 0.0371. The summed E-state index contributed by atoms with van der Waals surface area (Å²) in [6.07, 6.45) is 0.406. The molecule has 4 rings (SSSR count). The normalized spacial score (nSPS) is 10.9. The van der Waals surface area contributed by atoms with Crippen LogP contribution >= 0.6 is 0 Å². The number of benzene rings is 2. The molecule has 8 nitrogen and oxygen atoms in total. The minimum atomic E-state index is 0.0371. The van der Waals surface area contributed by atoms with Crippen molar-refractivity contribution in [1.29, 1.82) is 0 Å². The van der Waals surface area contributed by atoms with Crippen molar-refractivity contribution >= 4 is 11.6 Å². The van der Waals surface area contributed by atoms with Crippen LogP contribution in [0.2, 0.25) is 0 Å². The zero-order valence-electron chi connectivity index (χ0n) is 17.1. The number of nitrogens with zero attached hydrogens (tertiary/aromatic N) is 5. The van der Waals surface area contributed by atoms with E-state index in [1.165, 1.54) is 0 Å². The van der Waals surface area contributed by atoms with Crippen LogP contribution in [0.15, 0.2) is 53.1 Å². The van der Waals surface area contributed by atoms with Gasteiger partial charge >= 0.3 is 0 Å². The van der Waals surface area contributed by atoms with Crippen LogP contribution in [0, 0.1) is 13.8 Å². The molecule has 152 valence electrons. The fourth-order valence-corrected chi connectivity index (χ4v) is 3.47. The van der Waals surface area contributed by atoms with Crippen molar-refractivity contribution in [3.8, 4) is 22.5 Å². The molecule has 2 aromatic carbocycles. The Bertz CT molecular complexity index is 1130. The van der Waals surface area contributed by atoms with Gasteiger partial charge in [-0.1, -0.05) is 48.5 Å². The highest BCUT2D eigenvalue weighted by Gasteiger charge is 2.17. The van der Waals surface area contributed by atoms with Gasteiger partial charge in [0.15, 0.2) is 0 Å². The molecule has 1 amide bonds. The SMILES string of the molecule is CCC(=O)N(Cc1ccc(-c2c(C)noc2C)cc1)c1cccc(-c2nn[nH]n2)c1. The van der Waals surface area contributed by atoms with E-state index >= 15 is 0 Å². The third-order valence-corrected chi connectivity index (χ3v) is 4.98. The molecule has 4 aromatic rings. The van der Waals surface area contributed by atoms with Gasteiger partial charge in [0.2, 0.25) is 11.7 Å². The van der Waals surface area contributed by atoms with Crippen molar-refractivity contribution in [3.05, 3.63) is 65.5 Å². The molecular formula is C22H22N6O2. The van der Waals surface area contributed by atoms with Crippen molar-refractivity contribution in [1.82, 2.24) is 25.8 Å². The van der Waals surface area contributed by atoms with E-state index in [2.05, 4.69) is 25.8 Å². The van der Waals surface area contributed by atoms with Crippen LogP contribution in [0.5, 0.6) is 0 Å². The summed E-state index contributed by atoms with van der Waals surface area (Å²) in [5.41, 5.74) is 5.53. The average molecular weight is 402 g/mol. The maximum Gasteiger partial charge on any atom is 0.227 e. The summed E-state index contributed by atoms with van der Waals surface area (Å²) in [5.74, 6) is 1.32. The summed E-state index contributed by atoms with van der Waals surface area (Å²) in [4.78, 5) is 14.5. The number of hydrogen-bond acceptors (Lipinski definition) is 6. The van der Waals surface area contributed by atoms with Crippen LogP contribution in [0.4, 0.5) is 5.69 Å². The molecule has 0 aliphatic heterocycles. The molecule has 0 saturated heterocycles. The average Bonchev–Trinajstić information content (AvgIpc) is 3.42. The molecule has 2 heterocycles. The van der Waals surface area contributed by atoms with Gasteiger partial charge in [-0.05, 0) is 42.3 Å². The number of aromatic amines is 1. The smallest absolute Gasteiger partial charge is 0.227 e. The lowest BCUT2D eigenvalue weighted by Gasteiger charge is -2.23. The molecule has 0 saturated carbocycles. The van der Waals surface area contributed by atoms with E-state index in [1.807, 2.05) is 69.3 Å². The molecule has 0 atom stereocenters. The number of rotatable bonds is 6. The van der Waals surface area contributed by atoms with Gasteiger partial charge in [0.1, 0.15) is 5.76 Å². The Kier molecular flexibility index (Phi) is 5.38. The first-order valence-corrected chi connectivity index (χ1v) is 9.73. The standard InChI is InChI=1S/C22H22N6O2/c1-4-20(29)28(19-7-5-6-18(12-19)22-23-26-27-24-22)13-16-8-10-17(11-9-16)21-14(2)25-30-15(21)3/h5-12H,4,13H2,1-3H3,(H,23,24,26,27). The Balaban J connectivity index is 1.62. The number of tetrazole rings is 1. The number of amides is 1. The van der Waals surface area contributed by atoms with Crippen molar-refractivity contribution < 1.29 is 9.32 Å². The van der Waals surface area contributed by atoms with Gasteiger partial charge in [0.25, 0.3) is 0 Å². The largest absolute Gasteiger partial charge is 0.361 e. The van der Waals surface area contributed by atoms with Gasteiger partial charge in [0, 0.05) is 23.2 Å². The minimum Gasteiger partial charge on any atom is -0.361 e. The van der Waals surface area contributed by atoms with Crippen LogP contribution in [0.1, 0.15) is 30.4 Å². The molecule has 8 heteroatoms. The number of aryl methyl sites for hydroxylation is 2. The number of carbonyl (C=O) groups excluding carboxylic acids is 1. The van der Waals surface area contributed by atoms with Crippen LogP contribution in [0.3, 0.4) is 0 Å². The summed E-state index contributed by atoms with van der Waals surface area (Å²) in [5, 5.41) is 18.1. The Morgan fingerprint density at radius 1 is 1.10 bits per heavy atom. The van der Waals surface area contributed by atoms with Crippen LogP contribution < -0.4 is 4.90 Å². The first kappa shape index (κ1) is 19.5. The van der Waals surface area contributed by atoms with E-state index in [4.69, 9.17) is 4.52 Å². The summed E-state index contributed by atoms with van der Waals surface area (Å²) < 4.78 is 5.27. The number of aromatic nitrogens is 5. The maximum atomic E-state index is 12.7. The molecule has 2 aromatic heterocycles. The summed E-state index contributed by atoms with van der Waals surface area (Å²) >= 11 is 0. The number of nitrogens with one attached hydrogen (secondary N) is 1. The van der Waals surface area contributed by atoms with Gasteiger partial charge in [0.05, 0.1) is 12.2 Å². The molecule has 0 spiro atoms. The second kappa shape index (κ2) is 8.28. The second-order valence-corrected chi connectivity index (χ2v) is 7.02. The Morgan fingerprint density at radius 3 is 2.53 bits per heavy atom. The molecule has 0 aliphatic carbocycles. The van der Waals surface area contributed by atoms with Gasteiger partial charge < -0.3 is 9.42 Å². The van der Waals surface area contributed by atoms with E-state index in [0.717, 1.165) is 39.4 Å². The fourth-order valence-electron chi connectivity index (χ4n) is 3.47. The third-order valence-electron chi connectivity index (χ3n) is 4.98. The lowest BCUT2D eigenvalue weighted by molar-refractivity contribution is -0.118. The highest BCUT2D eigenvalue weighted by atomic mass is 16.5. The summed E-state index contributed by atoms with van der Waals surface area (Å²) in [7, 11) is 0. The molecule has 0 radical (unpaired) electrons. The number of carbonyl (C=O) groups is 1. The first-order chi connectivity index (χ1) is 14.6.